The van der Waals surface area contributed by atoms with Gasteiger partial charge in [-0.15, -0.1) is 0 Å². The van der Waals surface area contributed by atoms with Gasteiger partial charge in [-0.2, -0.15) is 0 Å². The van der Waals surface area contributed by atoms with Crippen molar-refractivity contribution in [2.75, 3.05) is 0 Å². The number of rotatable bonds is 2. The van der Waals surface area contributed by atoms with Crippen LogP contribution in [0.25, 0.3) is 76.5 Å². The molecule has 0 bridgehead atoms. The van der Waals surface area contributed by atoms with Crippen molar-refractivity contribution >= 4 is 65.2 Å². The van der Waals surface area contributed by atoms with Crippen LogP contribution in [0.1, 0.15) is 0 Å². The largest absolute Gasteiger partial charge is 0.309 e. The molecule has 0 aliphatic rings. The van der Waals surface area contributed by atoms with Crippen LogP contribution in [0.4, 0.5) is 0 Å². The number of para-hydroxylation sites is 4. The average Bonchev–Trinajstić information content (AvgIpc) is 3.54. The Balaban J connectivity index is 1.58. The van der Waals surface area contributed by atoms with E-state index in [1.54, 1.807) is 0 Å². The van der Waals surface area contributed by atoms with E-state index in [-0.39, 0.29) is 0 Å². The molecule has 0 N–H and O–H groups in total. The van der Waals surface area contributed by atoms with Gasteiger partial charge in [0.15, 0.2) is 0 Å². The van der Waals surface area contributed by atoms with Crippen molar-refractivity contribution in [3.8, 4) is 11.4 Å². The predicted octanol–water partition coefficient (Wildman–Crippen LogP) is 10.2. The van der Waals surface area contributed by atoms with Crippen molar-refractivity contribution in [2.45, 2.75) is 0 Å². The molecule has 186 valence electrons. The van der Waals surface area contributed by atoms with Crippen LogP contribution in [0.5, 0.6) is 0 Å². The minimum atomic E-state index is 1.18. The van der Waals surface area contributed by atoms with Crippen LogP contribution in [0.15, 0.2) is 146 Å². The molecule has 0 spiro atoms. The lowest BCUT2D eigenvalue weighted by atomic mass is 9.95. The molecule has 7 aromatic carbocycles. The third-order valence-corrected chi connectivity index (χ3v) is 8.46. The summed E-state index contributed by atoms with van der Waals surface area (Å²) < 4.78 is 4.87. The van der Waals surface area contributed by atoms with Gasteiger partial charge in [0.05, 0.1) is 22.1 Å². The summed E-state index contributed by atoms with van der Waals surface area (Å²) in [5.74, 6) is 0. The zero-order chi connectivity index (χ0) is 26.2. The van der Waals surface area contributed by atoms with Crippen LogP contribution < -0.4 is 0 Å². The SMILES string of the molecule is c1ccc(-n2c3ccccc3c3cc4c5ccccc5c5c(c4cc32)c2ccccc2n5-c2ccccc2)cc1. The summed E-state index contributed by atoms with van der Waals surface area (Å²) in [5.41, 5.74) is 7.30. The maximum atomic E-state index is 2.45. The first kappa shape index (κ1) is 21.6. The van der Waals surface area contributed by atoms with Crippen LogP contribution in [0, 0.1) is 0 Å². The van der Waals surface area contributed by atoms with E-state index in [0.717, 1.165) is 0 Å². The summed E-state index contributed by atoms with van der Waals surface area (Å²) >= 11 is 0. The van der Waals surface area contributed by atoms with Gasteiger partial charge in [0.25, 0.3) is 0 Å². The van der Waals surface area contributed by atoms with Gasteiger partial charge in [0.2, 0.25) is 0 Å². The van der Waals surface area contributed by atoms with E-state index in [0.29, 0.717) is 0 Å². The van der Waals surface area contributed by atoms with Crippen molar-refractivity contribution in [3.63, 3.8) is 0 Å². The van der Waals surface area contributed by atoms with Gasteiger partial charge in [-0.05, 0) is 64.7 Å². The Morgan fingerprint density at radius 3 is 1.52 bits per heavy atom. The van der Waals surface area contributed by atoms with Crippen LogP contribution in [0.3, 0.4) is 0 Å². The molecule has 0 aliphatic carbocycles. The quantitative estimate of drug-likeness (QED) is 0.206. The molecular weight excluding hydrogens is 484 g/mol. The molecule has 9 rings (SSSR count). The monoisotopic (exact) mass is 508 g/mol. The van der Waals surface area contributed by atoms with Gasteiger partial charge in [-0.1, -0.05) is 97.1 Å². The molecule has 0 amide bonds. The summed E-state index contributed by atoms with van der Waals surface area (Å²) in [6.45, 7) is 0. The second-order valence-corrected chi connectivity index (χ2v) is 10.6. The fourth-order valence-electron chi connectivity index (χ4n) is 6.84. The number of aromatic nitrogens is 2. The van der Waals surface area contributed by atoms with E-state index in [4.69, 9.17) is 0 Å². The summed E-state index contributed by atoms with van der Waals surface area (Å²) in [6, 6.07) is 52.9. The number of benzene rings is 7. The summed E-state index contributed by atoms with van der Waals surface area (Å²) in [5, 5.41) is 10.3. The van der Waals surface area contributed by atoms with E-state index in [1.807, 2.05) is 0 Å². The van der Waals surface area contributed by atoms with Crippen molar-refractivity contribution in [1.29, 1.82) is 0 Å². The van der Waals surface area contributed by atoms with Gasteiger partial charge in [-0.3, -0.25) is 0 Å². The van der Waals surface area contributed by atoms with E-state index in [2.05, 4.69) is 155 Å². The number of hydrogen-bond acceptors (Lipinski definition) is 0. The fraction of sp³-hybridized carbons (Fsp3) is 0. The summed E-state index contributed by atoms with van der Waals surface area (Å²) in [7, 11) is 0. The highest BCUT2D eigenvalue weighted by molar-refractivity contribution is 6.34. The van der Waals surface area contributed by atoms with Gasteiger partial charge in [0, 0.05) is 38.3 Å². The van der Waals surface area contributed by atoms with Gasteiger partial charge >= 0.3 is 0 Å². The molecule has 0 unspecified atom stereocenters. The normalized spacial score (nSPS) is 12.0. The molecular formula is C38H24N2. The zero-order valence-corrected chi connectivity index (χ0v) is 21.8. The van der Waals surface area contributed by atoms with Crippen molar-refractivity contribution < 1.29 is 0 Å². The molecule has 2 nitrogen and oxygen atoms in total. The third kappa shape index (κ3) is 2.82. The molecule has 0 aliphatic heterocycles. The number of nitrogens with zero attached hydrogens (tertiary/aromatic N) is 2. The minimum Gasteiger partial charge on any atom is -0.309 e. The zero-order valence-electron chi connectivity index (χ0n) is 21.8. The lowest BCUT2D eigenvalue weighted by molar-refractivity contribution is 1.18. The molecule has 40 heavy (non-hydrogen) atoms. The smallest absolute Gasteiger partial charge is 0.0625 e. The highest BCUT2D eigenvalue weighted by Crippen LogP contribution is 2.45. The summed E-state index contributed by atoms with van der Waals surface area (Å²) in [4.78, 5) is 0. The molecule has 9 aromatic rings. The Hall–Kier alpha value is -5.34. The van der Waals surface area contributed by atoms with Crippen LogP contribution >= 0.6 is 0 Å². The standard InChI is InChI=1S/C38H24N2/c1-3-13-25(14-4-1)39-34-21-11-9-18-28(34)32-23-31-27-17-7-8-19-29(27)38-37(33(31)24-36(32)39)30-20-10-12-22-35(30)40(38)26-15-5-2-6-16-26/h1-24H. The van der Waals surface area contributed by atoms with Crippen molar-refractivity contribution in [2.24, 2.45) is 0 Å². The van der Waals surface area contributed by atoms with Crippen molar-refractivity contribution in [3.05, 3.63) is 146 Å². The topological polar surface area (TPSA) is 9.86 Å². The van der Waals surface area contributed by atoms with Crippen LogP contribution in [0.2, 0.25) is 0 Å². The first-order valence-electron chi connectivity index (χ1n) is 13.8. The van der Waals surface area contributed by atoms with Crippen LogP contribution in [-0.2, 0) is 0 Å². The number of hydrogen-bond donors (Lipinski definition) is 0. The molecule has 0 saturated heterocycles. The lowest BCUT2D eigenvalue weighted by Gasteiger charge is -2.13. The Kier molecular flexibility index (Phi) is 4.36. The summed E-state index contributed by atoms with van der Waals surface area (Å²) in [6.07, 6.45) is 0. The first-order valence-corrected chi connectivity index (χ1v) is 13.8. The van der Waals surface area contributed by atoms with Crippen molar-refractivity contribution in [1.82, 2.24) is 9.13 Å². The molecule has 2 heteroatoms. The van der Waals surface area contributed by atoms with Crippen LogP contribution in [-0.4, -0.2) is 9.13 Å². The molecule has 2 aromatic heterocycles. The Labute approximate surface area is 230 Å². The first-order chi connectivity index (χ1) is 19.9. The minimum absolute atomic E-state index is 1.18. The predicted molar refractivity (Wildman–Crippen MR) is 170 cm³/mol. The number of fused-ring (bicyclic) bond motifs is 11. The fourth-order valence-corrected chi connectivity index (χ4v) is 6.84. The molecule has 0 fully saturated rings. The second-order valence-electron chi connectivity index (χ2n) is 10.6. The van der Waals surface area contributed by atoms with Gasteiger partial charge < -0.3 is 9.13 Å². The van der Waals surface area contributed by atoms with E-state index in [9.17, 15) is 0 Å². The van der Waals surface area contributed by atoms with Gasteiger partial charge in [0.1, 0.15) is 0 Å². The van der Waals surface area contributed by atoms with Gasteiger partial charge in [-0.25, -0.2) is 0 Å². The maximum absolute atomic E-state index is 2.45. The average molecular weight is 509 g/mol. The third-order valence-electron chi connectivity index (χ3n) is 8.46. The maximum Gasteiger partial charge on any atom is 0.0625 e. The Bertz CT molecular complexity index is 2410. The highest BCUT2D eigenvalue weighted by Gasteiger charge is 2.21. The Morgan fingerprint density at radius 1 is 0.300 bits per heavy atom. The Morgan fingerprint density at radius 2 is 0.825 bits per heavy atom. The molecule has 2 heterocycles. The van der Waals surface area contributed by atoms with E-state index < -0.39 is 0 Å². The van der Waals surface area contributed by atoms with E-state index >= 15 is 0 Å². The molecule has 0 radical (unpaired) electrons. The lowest BCUT2D eigenvalue weighted by Crippen LogP contribution is -1.95. The second kappa shape index (κ2) is 8.08. The molecule has 0 atom stereocenters. The van der Waals surface area contributed by atoms with E-state index in [1.165, 1.54) is 76.5 Å². The highest BCUT2D eigenvalue weighted by atomic mass is 15.0. The molecule has 0 saturated carbocycles.